The number of fused-ring (bicyclic) bond motifs is 3. The van der Waals surface area contributed by atoms with Crippen molar-refractivity contribution in [1.82, 2.24) is 0 Å². The smallest absolute Gasteiger partial charge is 0.142 e. The van der Waals surface area contributed by atoms with Crippen molar-refractivity contribution in [3.8, 4) is 5.75 Å². The maximum atomic E-state index is 6.31. The van der Waals surface area contributed by atoms with Crippen LogP contribution in [-0.4, -0.2) is 6.61 Å². The molecule has 0 unspecified atom stereocenters. The highest BCUT2D eigenvalue weighted by molar-refractivity contribution is 6.07. The molecule has 0 spiro atoms. The summed E-state index contributed by atoms with van der Waals surface area (Å²) in [5, 5.41) is 2.40. The van der Waals surface area contributed by atoms with Crippen molar-refractivity contribution in [2.24, 2.45) is 0 Å². The monoisotopic (exact) mass is 338 g/mol. The molecule has 2 aromatic carbocycles. The van der Waals surface area contributed by atoms with E-state index in [1.54, 1.807) is 0 Å². The molecule has 0 N–H and O–H groups in total. The van der Waals surface area contributed by atoms with Crippen molar-refractivity contribution in [3.63, 3.8) is 0 Å². The Kier molecular flexibility index (Phi) is 5.67. The molecular formula is C23H30O2. The van der Waals surface area contributed by atoms with E-state index >= 15 is 0 Å². The van der Waals surface area contributed by atoms with E-state index in [1.165, 1.54) is 54.0 Å². The molecule has 0 fully saturated rings. The molecule has 0 atom stereocenters. The van der Waals surface area contributed by atoms with E-state index in [-0.39, 0.29) is 0 Å². The number of ether oxygens (including phenoxy) is 1. The van der Waals surface area contributed by atoms with Gasteiger partial charge in [-0.05, 0) is 56.9 Å². The predicted octanol–water partition coefficient (Wildman–Crippen LogP) is 7.11. The van der Waals surface area contributed by atoms with Crippen LogP contribution in [0.1, 0.15) is 62.6 Å². The van der Waals surface area contributed by atoms with Gasteiger partial charge in [-0.2, -0.15) is 0 Å². The van der Waals surface area contributed by atoms with Crippen LogP contribution in [-0.2, 0) is 6.42 Å². The third-order valence-electron chi connectivity index (χ3n) is 5.22. The van der Waals surface area contributed by atoms with Crippen LogP contribution in [0.3, 0.4) is 0 Å². The molecule has 25 heavy (non-hydrogen) atoms. The van der Waals surface area contributed by atoms with Crippen LogP contribution in [0.4, 0.5) is 0 Å². The van der Waals surface area contributed by atoms with Crippen LogP contribution < -0.4 is 4.74 Å². The largest absolute Gasteiger partial charge is 0.493 e. The quantitative estimate of drug-likeness (QED) is 0.408. The fourth-order valence-corrected chi connectivity index (χ4v) is 3.70. The minimum Gasteiger partial charge on any atom is -0.493 e. The van der Waals surface area contributed by atoms with Gasteiger partial charge in [-0.15, -0.1) is 0 Å². The molecule has 1 aromatic heterocycles. The summed E-state index contributed by atoms with van der Waals surface area (Å²) in [5.41, 5.74) is 5.81. The number of hydrogen-bond acceptors (Lipinski definition) is 2. The van der Waals surface area contributed by atoms with Gasteiger partial charge in [-0.3, -0.25) is 0 Å². The standard InChI is InChI=1S/C23H30O2/c1-5-7-8-9-10-11-18-12-13-19-20-14-15-21(24-6-2)17(4)23(20)25-22(19)16(18)3/h12-15H,5-11H2,1-4H3. The Bertz CT molecular complexity index is 858. The number of rotatable bonds is 8. The second-order valence-electron chi connectivity index (χ2n) is 6.99. The summed E-state index contributed by atoms with van der Waals surface area (Å²) in [4.78, 5) is 0. The Morgan fingerprint density at radius 3 is 2.20 bits per heavy atom. The van der Waals surface area contributed by atoms with E-state index in [2.05, 4.69) is 45.0 Å². The minimum absolute atomic E-state index is 0.674. The van der Waals surface area contributed by atoms with Crippen LogP contribution >= 0.6 is 0 Å². The fourth-order valence-electron chi connectivity index (χ4n) is 3.70. The second-order valence-corrected chi connectivity index (χ2v) is 6.99. The third kappa shape index (κ3) is 3.53. The molecule has 1 heterocycles. The van der Waals surface area contributed by atoms with E-state index in [4.69, 9.17) is 9.15 Å². The molecule has 0 amide bonds. The lowest BCUT2D eigenvalue weighted by molar-refractivity contribution is 0.338. The molecule has 3 rings (SSSR count). The molecule has 0 aliphatic carbocycles. The lowest BCUT2D eigenvalue weighted by Gasteiger charge is -2.06. The van der Waals surface area contributed by atoms with Crippen molar-refractivity contribution in [2.45, 2.75) is 66.2 Å². The van der Waals surface area contributed by atoms with Gasteiger partial charge in [-0.25, -0.2) is 0 Å². The summed E-state index contributed by atoms with van der Waals surface area (Å²) in [6.45, 7) is 9.23. The summed E-state index contributed by atoms with van der Waals surface area (Å²) >= 11 is 0. The Balaban J connectivity index is 1.92. The van der Waals surface area contributed by atoms with Gasteiger partial charge >= 0.3 is 0 Å². The zero-order chi connectivity index (χ0) is 17.8. The van der Waals surface area contributed by atoms with Crippen molar-refractivity contribution < 1.29 is 9.15 Å². The molecular weight excluding hydrogens is 308 g/mol. The van der Waals surface area contributed by atoms with Gasteiger partial charge in [0.15, 0.2) is 0 Å². The highest BCUT2D eigenvalue weighted by Crippen LogP contribution is 2.37. The maximum Gasteiger partial charge on any atom is 0.142 e. The van der Waals surface area contributed by atoms with E-state index in [1.807, 2.05) is 6.92 Å². The minimum atomic E-state index is 0.674. The Labute approximate surface area is 151 Å². The normalized spacial score (nSPS) is 11.5. The summed E-state index contributed by atoms with van der Waals surface area (Å²) in [7, 11) is 0. The molecule has 2 nitrogen and oxygen atoms in total. The topological polar surface area (TPSA) is 22.4 Å². The lowest BCUT2D eigenvalue weighted by atomic mass is 9.98. The first-order chi connectivity index (χ1) is 12.2. The number of furan rings is 1. The van der Waals surface area contributed by atoms with Gasteiger partial charge in [0.05, 0.1) is 6.61 Å². The average molecular weight is 338 g/mol. The van der Waals surface area contributed by atoms with Crippen LogP contribution in [0, 0.1) is 13.8 Å². The van der Waals surface area contributed by atoms with Crippen molar-refractivity contribution >= 4 is 21.9 Å². The molecule has 0 bridgehead atoms. The van der Waals surface area contributed by atoms with Gasteiger partial charge in [0, 0.05) is 16.3 Å². The van der Waals surface area contributed by atoms with Crippen LogP contribution in [0.5, 0.6) is 5.75 Å². The molecule has 2 heteroatoms. The predicted molar refractivity (Wildman–Crippen MR) is 107 cm³/mol. The first-order valence-corrected chi connectivity index (χ1v) is 9.74. The Morgan fingerprint density at radius 2 is 1.48 bits per heavy atom. The highest BCUT2D eigenvalue weighted by atomic mass is 16.5. The number of hydrogen-bond donors (Lipinski definition) is 0. The zero-order valence-corrected chi connectivity index (χ0v) is 16.1. The number of unbranched alkanes of at least 4 members (excludes halogenated alkanes) is 4. The van der Waals surface area contributed by atoms with E-state index in [9.17, 15) is 0 Å². The van der Waals surface area contributed by atoms with Gasteiger partial charge < -0.3 is 9.15 Å². The molecule has 3 aromatic rings. The first-order valence-electron chi connectivity index (χ1n) is 9.74. The first kappa shape index (κ1) is 17.8. The van der Waals surface area contributed by atoms with Gasteiger partial charge in [0.25, 0.3) is 0 Å². The van der Waals surface area contributed by atoms with Gasteiger partial charge in [-0.1, -0.05) is 44.7 Å². The van der Waals surface area contributed by atoms with Crippen LogP contribution in [0.2, 0.25) is 0 Å². The summed E-state index contributed by atoms with van der Waals surface area (Å²) in [6, 6.07) is 8.71. The van der Waals surface area contributed by atoms with Crippen molar-refractivity contribution in [3.05, 3.63) is 41.0 Å². The van der Waals surface area contributed by atoms with Gasteiger partial charge in [0.1, 0.15) is 16.9 Å². The van der Waals surface area contributed by atoms with Crippen LogP contribution in [0.25, 0.3) is 21.9 Å². The molecule has 0 aliphatic heterocycles. The third-order valence-corrected chi connectivity index (χ3v) is 5.22. The van der Waals surface area contributed by atoms with E-state index < -0.39 is 0 Å². The van der Waals surface area contributed by atoms with Crippen LogP contribution in [0.15, 0.2) is 28.7 Å². The molecule has 0 saturated carbocycles. The maximum absolute atomic E-state index is 6.31. The summed E-state index contributed by atoms with van der Waals surface area (Å²) < 4.78 is 12.0. The number of aryl methyl sites for hydroxylation is 3. The summed E-state index contributed by atoms with van der Waals surface area (Å²) in [6.07, 6.45) is 7.73. The molecule has 0 radical (unpaired) electrons. The van der Waals surface area contributed by atoms with E-state index in [0.29, 0.717) is 6.61 Å². The lowest BCUT2D eigenvalue weighted by Crippen LogP contribution is -1.93. The Morgan fingerprint density at radius 1 is 0.800 bits per heavy atom. The average Bonchev–Trinajstić information content (AvgIpc) is 2.99. The Hall–Kier alpha value is -1.96. The van der Waals surface area contributed by atoms with Crippen molar-refractivity contribution in [2.75, 3.05) is 6.61 Å². The van der Waals surface area contributed by atoms with E-state index in [0.717, 1.165) is 28.9 Å². The molecule has 0 aliphatic rings. The molecule has 134 valence electrons. The SMILES string of the molecule is CCCCCCCc1ccc2c(oc3c(C)c(OCC)ccc32)c1C. The number of benzene rings is 2. The van der Waals surface area contributed by atoms with Gasteiger partial charge in [0.2, 0.25) is 0 Å². The second kappa shape index (κ2) is 7.95. The van der Waals surface area contributed by atoms with Crippen molar-refractivity contribution in [1.29, 1.82) is 0 Å². The molecule has 0 saturated heterocycles. The fraction of sp³-hybridized carbons (Fsp3) is 0.478. The zero-order valence-electron chi connectivity index (χ0n) is 16.1. The summed E-state index contributed by atoms with van der Waals surface area (Å²) in [5.74, 6) is 0.919. The highest BCUT2D eigenvalue weighted by Gasteiger charge is 2.15.